The SMILES string of the molecule is Cc1c(C(=O)Nc2cc(Cl)ccn2)nnn1-c1ccc(F)cc1. The van der Waals surface area contributed by atoms with Crippen LogP contribution in [0.15, 0.2) is 42.6 Å². The summed E-state index contributed by atoms with van der Waals surface area (Å²) in [5.41, 5.74) is 1.28. The van der Waals surface area contributed by atoms with Gasteiger partial charge in [0.25, 0.3) is 5.91 Å². The maximum Gasteiger partial charge on any atom is 0.279 e. The van der Waals surface area contributed by atoms with Gasteiger partial charge in [-0.1, -0.05) is 16.8 Å². The Hall–Kier alpha value is -2.80. The average molecular weight is 332 g/mol. The number of halogens is 2. The molecule has 3 aromatic rings. The van der Waals surface area contributed by atoms with Crippen molar-refractivity contribution in [1.82, 2.24) is 20.0 Å². The van der Waals surface area contributed by atoms with Gasteiger partial charge in [-0.25, -0.2) is 14.1 Å². The smallest absolute Gasteiger partial charge is 0.279 e. The standard InChI is InChI=1S/C15H11ClFN5O/c1-9-14(15(23)19-13-8-10(16)6-7-18-13)20-21-22(9)12-4-2-11(17)3-5-12/h2-8H,1H3,(H,18,19,23). The molecule has 23 heavy (non-hydrogen) atoms. The van der Waals surface area contributed by atoms with E-state index in [1.54, 1.807) is 25.1 Å². The summed E-state index contributed by atoms with van der Waals surface area (Å²) in [4.78, 5) is 16.3. The molecule has 2 heterocycles. The van der Waals surface area contributed by atoms with E-state index in [-0.39, 0.29) is 11.5 Å². The molecule has 0 unspecified atom stereocenters. The van der Waals surface area contributed by atoms with Gasteiger partial charge in [0, 0.05) is 11.2 Å². The van der Waals surface area contributed by atoms with Crippen LogP contribution in [-0.4, -0.2) is 25.9 Å². The third kappa shape index (κ3) is 3.19. The zero-order chi connectivity index (χ0) is 16.4. The normalized spacial score (nSPS) is 10.6. The number of carbonyl (C=O) groups is 1. The summed E-state index contributed by atoms with van der Waals surface area (Å²) in [6.45, 7) is 1.70. The molecule has 1 amide bonds. The van der Waals surface area contributed by atoms with Crippen LogP contribution in [0.3, 0.4) is 0 Å². The second-order valence-electron chi connectivity index (χ2n) is 4.73. The van der Waals surface area contributed by atoms with Crippen molar-refractivity contribution in [3.63, 3.8) is 0 Å². The van der Waals surface area contributed by atoms with Crippen LogP contribution in [0.1, 0.15) is 16.2 Å². The number of carbonyl (C=O) groups excluding carboxylic acids is 1. The number of nitrogens with one attached hydrogen (secondary N) is 1. The molecule has 0 bridgehead atoms. The number of rotatable bonds is 3. The maximum absolute atomic E-state index is 13.0. The van der Waals surface area contributed by atoms with Crippen molar-refractivity contribution in [2.75, 3.05) is 5.32 Å². The van der Waals surface area contributed by atoms with Crippen molar-refractivity contribution in [2.45, 2.75) is 6.92 Å². The van der Waals surface area contributed by atoms with E-state index >= 15 is 0 Å². The Morgan fingerprint density at radius 2 is 2.00 bits per heavy atom. The molecule has 0 saturated heterocycles. The van der Waals surface area contributed by atoms with E-state index in [1.807, 2.05) is 0 Å². The van der Waals surface area contributed by atoms with Crippen molar-refractivity contribution < 1.29 is 9.18 Å². The molecule has 0 saturated carbocycles. The van der Waals surface area contributed by atoms with Crippen LogP contribution in [0.4, 0.5) is 10.2 Å². The van der Waals surface area contributed by atoms with Gasteiger partial charge in [0.1, 0.15) is 11.6 Å². The molecule has 3 rings (SSSR count). The highest BCUT2D eigenvalue weighted by Gasteiger charge is 2.18. The van der Waals surface area contributed by atoms with Crippen LogP contribution in [0.2, 0.25) is 5.02 Å². The molecule has 0 aliphatic carbocycles. The third-order valence-electron chi connectivity index (χ3n) is 3.14. The van der Waals surface area contributed by atoms with E-state index in [0.717, 1.165) is 0 Å². The lowest BCUT2D eigenvalue weighted by molar-refractivity contribution is 0.102. The number of benzene rings is 1. The lowest BCUT2D eigenvalue weighted by Crippen LogP contribution is -2.15. The minimum atomic E-state index is -0.453. The van der Waals surface area contributed by atoms with Gasteiger partial charge in [0.05, 0.1) is 11.4 Å². The van der Waals surface area contributed by atoms with E-state index in [1.165, 1.54) is 29.1 Å². The predicted molar refractivity (Wildman–Crippen MR) is 83.3 cm³/mol. The Kier molecular flexibility index (Phi) is 4.03. The number of hydrogen-bond donors (Lipinski definition) is 1. The number of nitrogens with zero attached hydrogens (tertiary/aromatic N) is 4. The largest absolute Gasteiger partial charge is 0.305 e. The summed E-state index contributed by atoms with van der Waals surface area (Å²) >= 11 is 5.85. The number of anilines is 1. The first-order valence-corrected chi connectivity index (χ1v) is 7.03. The van der Waals surface area contributed by atoms with Crippen LogP contribution in [-0.2, 0) is 0 Å². The van der Waals surface area contributed by atoms with Crippen molar-refractivity contribution in [1.29, 1.82) is 0 Å². The van der Waals surface area contributed by atoms with Gasteiger partial charge in [-0.2, -0.15) is 0 Å². The predicted octanol–water partition coefficient (Wildman–Crippen LogP) is 3.02. The first kappa shape index (κ1) is 15.1. The highest BCUT2D eigenvalue weighted by molar-refractivity contribution is 6.30. The van der Waals surface area contributed by atoms with Crippen LogP contribution in [0.25, 0.3) is 5.69 Å². The zero-order valence-electron chi connectivity index (χ0n) is 12.0. The van der Waals surface area contributed by atoms with Gasteiger partial charge in [-0.15, -0.1) is 5.10 Å². The second-order valence-corrected chi connectivity index (χ2v) is 5.16. The quantitative estimate of drug-likeness (QED) is 0.800. The second kappa shape index (κ2) is 6.13. The molecule has 1 N–H and O–H groups in total. The summed E-state index contributed by atoms with van der Waals surface area (Å²) < 4.78 is 14.4. The van der Waals surface area contributed by atoms with Gasteiger partial charge in [-0.05, 0) is 43.3 Å². The molecule has 0 fully saturated rings. The fraction of sp³-hybridized carbons (Fsp3) is 0.0667. The fourth-order valence-electron chi connectivity index (χ4n) is 2.02. The van der Waals surface area contributed by atoms with Crippen molar-refractivity contribution in [2.24, 2.45) is 0 Å². The molecule has 0 atom stereocenters. The van der Waals surface area contributed by atoms with Crippen LogP contribution < -0.4 is 5.32 Å². The monoisotopic (exact) mass is 331 g/mol. The Morgan fingerprint density at radius 3 is 2.70 bits per heavy atom. The summed E-state index contributed by atoms with van der Waals surface area (Å²) in [7, 11) is 0. The molecule has 0 spiro atoms. The molecular formula is C15H11ClFN5O. The maximum atomic E-state index is 13.0. The van der Waals surface area contributed by atoms with E-state index in [9.17, 15) is 9.18 Å². The molecule has 0 radical (unpaired) electrons. The summed E-state index contributed by atoms with van der Waals surface area (Å²) in [5, 5.41) is 10.9. The average Bonchev–Trinajstić information content (AvgIpc) is 2.90. The highest BCUT2D eigenvalue weighted by Crippen LogP contribution is 2.16. The molecule has 1 aromatic carbocycles. The van der Waals surface area contributed by atoms with Gasteiger partial charge < -0.3 is 5.32 Å². The minimum absolute atomic E-state index is 0.149. The van der Waals surface area contributed by atoms with Crippen LogP contribution >= 0.6 is 11.6 Å². The van der Waals surface area contributed by atoms with Gasteiger partial charge in [-0.3, -0.25) is 4.79 Å². The Morgan fingerprint density at radius 1 is 1.26 bits per heavy atom. The number of aromatic nitrogens is 4. The molecular weight excluding hydrogens is 321 g/mol. The van der Waals surface area contributed by atoms with Gasteiger partial charge in [0.2, 0.25) is 0 Å². The highest BCUT2D eigenvalue weighted by atomic mass is 35.5. The third-order valence-corrected chi connectivity index (χ3v) is 3.38. The lowest BCUT2D eigenvalue weighted by atomic mass is 10.2. The van der Waals surface area contributed by atoms with Crippen molar-refractivity contribution in [3.05, 3.63) is 64.8 Å². The Bertz CT molecular complexity index is 863. The number of hydrogen-bond acceptors (Lipinski definition) is 4. The molecule has 0 aliphatic rings. The van der Waals surface area contributed by atoms with E-state index in [0.29, 0.717) is 22.2 Å². The summed E-state index contributed by atoms with van der Waals surface area (Å²) in [6, 6.07) is 8.86. The van der Waals surface area contributed by atoms with E-state index in [2.05, 4.69) is 20.6 Å². The molecule has 0 aliphatic heterocycles. The van der Waals surface area contributed by atoms with Crippen LogP contribution in [0, 0.1) is 12.7 Å². The molecule has 116 valence electrons. The minimum Gasteiger partial charge on any atom is -0.305 e. The molecule has 6 nitrogen and oxygen atoms in total. The number of pyridine rings is 1. The summed E-state index contributed by atoms with van der Waals surface area (Å²) in [5.74, 6) is -0.486. The Labute approximate surface area is 135 Å². The number of amides is 1. The van der Waals surface area contributed by atoms with E-state index in [4.69, 9.17) is 11.6 Å². The van der Waals surface area contributed by atoms with Crippen LogP contribution in [0.5, 0.6) is 0 Å². The molecule has 2 aromatic heterocycles. The zero-order valence-corrected chi connectivity index (χ0v) is 12.8. The topological polar surface area (TPSA) is 72.7 Å². The van der Waals surface area contributed by atoms with Gasteiger partial charge >= 0.3 is 0 Å². The van der Waals surface area contributed by atoms with Crippen molar-refractivity contribution >= 4 is 23.3 Å². The van der Waals surface area contributed by atoms with Gasteiger partial charge in [0.15, 0.2) is 5.69 Å². The first-order valence-electron chi connectivity index (χ1n) is 6.66. The lowest BCUT2D eigenvalue weighted by Gasteiger charge is -2.04. The molecule has 8 heteroatoms. The fourth-order valence-corrected chi connectivity index (χ4v) is 2.17. The Balaban J connectivity index is 1.86. The van der Waals surface area contributed by atoms with E-state index < -0.39 is 5.91 Å². The van der Waals surface area contributed by atoms with Crippen molar-refractivity contribution in [3.8, 4) is 5.69 Å². The summed E-state index contributed by atoms with van der Waals surface area (Å²) in [6.07, 6.45) is 1.49. The first-order chi connectivity index (χ1) is 11.0.